The predicted molar refractivity (Wildman–Crippen MR) is 115 cm³/mol. The molecular formula is C24H21FN2O2S. The summed E-state index contributed by atoms with van der Waals surface area (Å²) in [7, 11) is -3.75. The van der Waals surface area contributed by atoms with E-state index in [9.17, 15) is 12.8 Å². The van der Waals surface area contributed by atoms with Crippen LogP contribution in [0, 0.1) is 12.7 Å². The van der Waals surface area contributed by atoms with Crippen LogP contribution in [0.2, 0.25) is 0 Å². The molecule has 1 atom stereocenters. The highest BCUT2D eigenvalue weighted by atomic mass is 32.2. The van der Waals surface area contributed by atoms with Crippen LogP contribution in [0.3, 0.4) is 0 Å². The lowest BCUT2D eigenvalue weighted by atomic mass is 9.92. The lowest BCUT2D eigenvalue weighted by molar-refractivity contribution is 0.344. The molecule has 0 saturated carbocycles. The van der Waals surface area contributed by atoms with E-state index in [1.54, 1.807) is 40.7 Å². The monoisotopic (exact) mass is 420 g/mol. The topological polar surface area (TPSA) is 53.2 Å². The second-order valence-electron chi connectivity index (χ2n) is 7.70. The molecule has 0 amide bonds. The van der Waals surface area contributed by atoms with Gasteiger partial charge in [-0.2, -0.15) is 4.31 Å². The Morgan fingerprint density at radius 2 is 1.67 bits per heavy atom. The molecule has 30 heavy (non-hydrogen) atoms. The Bertz CT molecular complexity index is 1330. The zero-order valence-corrected chi connectivity index (χ0v) is 17.3. The maximum absolute atomic E-state index is 13.7. The third kappa shape index (κ3) is 3.04. The van der Waals surface area contributed by atoms with Crippen LogP contribution >= 0.6 is 0 Å². The van der Waals surface area contributed by atoms with Gasteiger partial charge in [0.05, 0.1) is 10.9 Å². The van der Waals surface area contributed by atoms with E-state index >= 15 is 0 Å². The highest BCUT2D eigenvalue weighted by Gasteiger charge is 2.39. The van der Waals surface area contributed by atoms with Crippen LogP contribution in [0.25, 0.3) is 10.9 Å². The highest BCUT2D eigenvalue weighted by molar-refractivity contribution is 7.89. The Labute approximate surface area is 175 Å². The van der Waals surface area contributed by atoms with E-state index in [-0.39, 0.29) is 10.7 Å². The van der Waals surface area contributed by atoms with Gasteiger partial charge in [-0.1, -0.05) is 48.0 Å². The molecule has 1 aromatic heterocycles. The van der Waals surface area contributed by atoms with Crippen LogP contribution in [-0.2, 0) is 16.4 Å². The quantitative estimate of drug-likeness (QED) is 0.510. The molecule has 2 heterocycles. The maximum atomic E-state index is 13.7. The van der Waals surface area contributed by atoms with E-state index in [1.165, 1.54) is 12.1 Å². The number of aryl methyl sites for hydroxylation is 1. The van der Waals surface area contributed by atoms with Crippen molar-refractivity contribution in [1.29, 1.82) is 0 Å². The summed E-state index contributed by atoms with van der Waals surface area (Å²) in [5.41, 5.74) is 4.70. The molecule has 5 rings (SSSR count). The number of H-pyrrole nitrogens is 1. The second kappa shape index (κ2) is 7.07. The fourth-order valence-corrected chi connectivity index (χ4v) is 5.89. The molecule has 0 saturated heterocycles. The fourth-order valence-electron chi connectivity index (χ4n) is 4.31. The van der Waals surface area contributed by atoms with E-state index in [0.29, 0.717) is 13.0 Å². The average molecular weight is 421 g/mol. The van der Waals surface area contributed by atoms with Gasteiger partial charge in [0.15, 0.2) is 0 Å². The molecule has 1 unspecified atom stereocenters. The summed E-state index contributed by atoms with van der Waals surface area (Å²) in [6.45, 7) is 2.27. The van der Waals surface area contributed by atoms with Crippen LogP contribution < -0.4 is 0 Å². The summed E-state index contributed by atoms with van der Waals surface area (Å²) in [6.07, 6.45) is 0.590. The van der Waals surface area contributed by atoms with Crippen molar-refractivity contribution in [2.24, 2.45) is 0 Å². The number of benzene rings is 3. The summed E-state index contributed by atoms with van der Waals surface area (Å²) in [5, 5.41) is 0.991. The van der Waals surface area contributed by atoms with Crippen molar-refractivity contribution in [1.82, 2.24) is 9.29 Å². The first kappa shape index (κ1) is 19.0. The average Bonchev–Trinajstić information content (AvgIpc) is 3.13. The molecule has 0 bridgehead atoms. The van der Waals surface area contributed by atoms with E-state index < -0.39 is 16.1 Å². The van der Waals surface area contributed by atoms with Gasteiger partial charge in [0.25, 0.3) is 0 Å². The summed E-state index contributed by atoms with van der Waals surface area (Å²) in [5.74, 6) is -0.346. The Morgan fingerprint density at radius 1 is 0.967 bits per heavy atom. The maximum Gasteiger partial charge on any atom is 0.243 e. The summed E-state index contributed by atoms with van der Waals surface area (Å²) in [4.78, 5) is 3.72. The molecule has 6 heteroatoms. The van der Waals surface area contributed by atoms with Gasteiger partial charge in [-0.25, -0.2) is 12.8 Å². The number of rotatable bonds is 3. The summed E-state index contributed by atoms with van der Waals surface area (Å²) < 4.78 is 42.5. The number of hydrogen-bond donors (Lipinski definition) is 1. The number of nitrogens with zero attached hydrogens (tertiary/aromatic N) is 1. The lowest BCUT2D eigenvalue weighted by Gasteiger charge is -2.35. The third-order valence-electron chi connectivity index (χ3n) is 5.78. The minimum Gasteiger partial charge on any atom is -0.358 e. The molecule has 1 N–H and O–H groups in total. The molecule has 3 aromatic carbocycles. The third-order valence-corrected chi connectivity index (χ3v) is 7.66. The molecule has 1 aliphatic rings. The Hall–Kier alpha value is -2.96. The number of nitrogens with one attached hydrogen (secondary N) is 1. The minimum absolute atomic E-state index is 0.267. The van der Waals surface area contributed by atoms with E-state index in [0.717, 1.165) is 33.3 Å². The van der Waals surface area contributed by atoms with Crippen LogP contribution in [0.1, 0.15) is 28.4 Å². The van der Waals surface area contributed by atoms with E-state index in [1.807, 2.05) is 31.2 Å². The van der Waals surface area contributed by atoms with Crippen LogP contribution in [0.5, 0.6) is 0 Å². The van der Waals surface area contributed by atoms with Gasteiger partial charge in [-0.3, -0.25) is 0 Å². The number of sulfonamides is 1. The largest absolute Gasteiger partial charge is 0.358 e. The number of fused-ring (bicyclic) bond motifs is 3. The zero-order chi connectivity index (χ0) is 20.9. The van der Waals surface area contributed by atoms with Crippen LogP contribution in [0.4, 0.5) is 4.39 Å². The van der Waals surface area contributed by atoms with Crippen molar-refractivity contribution < 1.29 is 12.8 Å². The van der Waals surface area contributed by atoms with Crippen molar-refractivity contribution in [3.63, 3.8) is 0 Å². The van der Waals surface area contributed by atoms with Crippen molar-refractivity contribution in [3.8, 4) is 0 Å². The highest BCUT2D eigenvalue weighted by Crippen LogP contribution is 2.42. The summed E-state index contributed by atoms with van der Waals surface area (Å²) in [6, 6.07) is 20.4. The van der Waals surface area contributed by atoms with Gasteiger partial charge < -0.3 is 4.98 Å². The van der Waals surface area contributed by atoms with Gasteiger partial charge in [0, 0.05) is 35.1 Å². The minimum atomic E-state index is -3.75. The molecule has 1 aliphatic heterocycles. The van der Waals surface area contributed by atoms with Gasteiger partial charge in [0.2, 0.25) is 10.0 Å². The molecule has 0 fully saturated rings. The van der Waals surface area contributed by atoms with Crippen LogP contribution in [-0.4, -0.2) is 24.3 Å². The zero-order valence-electron chi connectivity index (χ0n) is 16.5. The molecule has 0 radical (unpaired) electrons. The molecule has 4 nitrogen and oxygen atoms in total. The Kier molecular flexibility index (Phi) is 4.49. The number of halogens is 1. The fraction of sp³-hybridized carbons (Fsp3) is 0.167. The molecular weight excluding hydrogens is 399 g/mol. The van der Waals surface area contributed by atoms with Gasteiger partial charge in [0.1, 0.15) is 5.82 Å². The number of para-hydroxylation sites is 1. The molecule has 4 aromatic rings. The van der Waals surface area contributed by atoms with Crippen molar-refractivity contribution in [2.45, 2.75) is 24.3 Å². The van der Waals surface area contributed by atoms with Gasteiger partial charge in [-0.05, 0) is 42.8 Å². The first-order valence-corrected chi connectivity index (χ1v) is 11.3. The lowest BCUT2D eigenvalue weighted by Crippen LogP contribution is -2.40. The first-order valence-electron chi connectivity index (χ1n) is 9.88. The molecule has 152 valence electrons. The Balaban J connectivity index is 1.73. The predicted octanol–water partition coefficient (Wildman–Crippen LogP) is 4.95. The number of hydrogen-bond acceptors (Lipinski definition) is 2. The smallest absolute Gasteiger partial charge is 0.243 e. The molecule has 0 aliphatic carbocycles. The first-order chi connectivity index (χ1) is 14.4. The number of aromatic amines is 1. The van der Waals surface area contributed by atoms with Gasteiger partial charge in [-0.15, -0.1) is 0 Å². The van der Waals surface area contributed by atoms with Crippen molar-refractivity contribution >= 4 is 20.9 Å². The van der Waals surface area contributed by atoms with Crippen molar-refractivity contribution in [2.75, 3.05) is 6.54 Å². The standard InChI is InChI=1S/C24H21FN2O2S/c1-16-6-12-19(13-7-16)30(28,29)27-15-14-22-23(20-4-2-3-5-21(20)26-22)24(27)17-8-10-18(25)11-9-17/h2-13,24,26H,14-15H2,1H3. The van der Waals surface area contributed by atoms with Gasteiger partial charge >= 0.3 is 0 Å². The van der Waals surface area contributed by atoms with Crippen LogP contribution in [0.15, 0.2) is 77.7 Å². The number of aromatic nitrogens is 1. The Morgan fingerprint density at radius 3 is 2.40 bits per heavy atom. The van der Waals surface area contributed by atoms with Crippen molar-refractivity contribution in [3.05, 3.63) is 101 Å². The SMILES string of the molecule is Cc1ccc(S(=O)(=O)N2CCc3[nH]c4ccccc4c3C2c2ccc(F)cc2)cc1. The van der Waals surface area contributed by atoms with E-state index in [4.69, 9.17) is 0 Å². The second-order valence-corrected chi connectivity index (χ2v) is 9.59. The summed E-state index contributed by atoms with van der Waals surface area (Å²) >= 11 is 0. The van der Waals surface area contributed by atoms with E-state index in [2.05, 4.69) is 4.98 Å². The normalized spacial score (nSPS) is 17.2. The molecule has 0 spiro atoms.